The summed E-state index contributed by atoms with van der Waals surface area (Å²) in [5.41, 5.74) is 4.01. The molecule has 0 saturated heterocycles. The number of rotatable bonds is 11. The van der Waals surface area contributed by atoms with E-state index in [1.807, 2.05) is 0 Å². The molecule has 3 aromatic rings. The molecule has 0 atom stereocenters. The average Bonchev–Trinajstić information content (AvgIpc) is 2.85. The van der Waals surface area contributed by atoms with Gasteiger partial charge in [0.25, 0.3) is 0 Å². The van der Waals surface area contributed by atoms with Crippen molar-refractivity contribution >= 4 is 15.7 Å². The van der Waals surface area contributed by atoms with Gasteiger partial charge in [-0.2, -0.15) is 0 Å². The van der Waals surface area contributed by atoms with Crippen molar-refractivity contribution in [2.75, 3.05) is 7.11 Å². The van der Waals surface area contributed by atoms with Gasteiger partial charge < -0.3 is 9.16 Å². The predicted octanol–water partition coefficient (Wildman–Crippen LogP) is 7.11. The Morgan fingerprint density at radius 3 is 1.91 bits per heavy atom. The average molecular weight is 473 g/mol. The summed E-state index contributed by atoms with van der Waals surface area (Å²) in [5, 5.41) is 0.0477. The van der Waals surface area contributed by atoms with Gasteiger partial charge in [-0.15, -0.1) is 0 Å². The van der Waals surface area contributed by atoms with Gasteiger partial charge in [0.15, 0.2) is 0 Å². The number of hydrogen-bond donors (Lipinski definition) is 0. The second kappa shape index (κ2) is 12.1. The minimum absolute atomic E-state index is 0.0477. The monoisotopic (exact) mass is 472 g/mol. The Morgan fingerprint density at radius 2 is 1.35 bits per heavy atom. The zero-order chi connectivity index (χ0) is 24.4. The lowest BCUT2D eigenvalue weighted by Gasteiger charge is -2.38. The third kappa shape index (κ3) is 6.91. The molecule has 0 unspecified atom stereocenters. The van der Waals surface area contributed by atoms with E-state index in [0.717, 1.165) is 42.4 Å². The number of esters is 1. The molecular formula is C30H36O3Si. The van der Waals surface area contributed by atoms with Crippen LogP contribution in [0.15, 0.2) is 84.9 Å². The molecule has 0 aliphatic heterocycles. The molecule has 0 heterocycles. The first-order valence-electron chi connectivity index (χ1n) is 12.1. The highest BCUT2D eigenvalue weighted by Gasteiger charge is 2.38. The van der Waals surface area contributed by atoms with Gasteiger partial charge in [0, 0.05) is 6.42 Å². The molecule has 0 aliphatic rings. The van der Waals surface area contributed by atoms with Crippen LogP contribution in [0.25, 0.3) is 0 Å². The summed E-state index contributed by atoms with van der Waals surface area (Å²) in [6.45, 7) is 6.66. The molecule has 0 bridgehead atoms. The van der Waals surface area contributed by atoms with Crippen LogP contribution in [-0.4, -0.2) is 22.8 Å². The van der Waals surface area contributed by atoms with Crippen LogP contribution >= 0.6 is 0 Å². The van der Waals surface area contributed by atoms with Crippen molar-refractivity contribution in [2.24, 2.45) is 0 Å². The number of benzene rings is 3. The summed E-state index contributed by atoms with van der Waals surface area (Å²) in [5.74, 6) is -0.130. The molecule has 0 spiro atoms. The summed E-state index contributed by atoms with van der Waals surface area (Å²) >= 11 is 0. The van der Waals surface area contributed by atoms with Gasteiger partial charge in [-0.05, 0) is 46.6 Å². The Kier molecular flexibility index (Phi) is 9.25. The first-order valence-corrected chi connectivity index (χ1v) is 13.0. The molecule has 0 N–H and O–H groups in total. The lowest BCUT2D eigenvalue weighted by atomic mass is 9.79. The first-order chi connectivity index (χ1) is 16.3. The topological polar surface area (TPSA) is 35.5 Å². The van der Waals surface area contributed by atoms with Crippen molar-refractivity contribution in [2.45, 2.75) is 63.5 Å². The van der Waals surface area contributed by atoms with Gasteiger partial charge in [-0.25, -0.2) is 0 Å². The fraction of sp³-hybridized carbons (Fsp3) is 0.367. The normalized spacial score (nSPS) is 11.9. The van der Waals surface area contributed by atoms with E-state index in [1.165, 1.54) is 12.7 Å². The summed E-state index contributed by atoms with van der Waals surface area (Å²) < 4.78 is 11.7. The molecule has 4 heteroatoms. The Labute approximate surface area is 207 Å². The molecular weight excluding hydrogens is 436 g/mol. The van der Waals surface area contributed by atoms with E-state index in [9.17, 15) is 4.79 Å². The fourth-order valence-corrected chi connectivity index (χ4v) is 4.89. The first kappa shape index (κ1) is 25.9. The molecule has 0 amide bonds. The number of methoxy groups -OCH3 is 1. The third-order valence-corrected chi connectivity index (χ3v) is 6.80. The van der Waals surface area contributed by atoms with Gasteiger partial charge in [-0.1, -0.05) is 112 Å². The molecule has 0 fully saturated rings. The Hall–Kier alpha value is -2.69. The van der Waals surface area contributed by atoms with Crippen LogP contribution in [0.5, 0.6) is 0 Å². The van der Waals surface area contributed by atoms with Crippen molar-refractivity contribution in [3.8, 4) is 0 Å². The second-order valence-electron chi connectivity index (χ2n) is 9.70. The third-order valence-electron chi connectivity index (χ3n) is 5.78. The fourth-order valence-electron chi connectivity index (χ4n) is 4.08. The Balaban J connectivity index is 1.96. The van der Waals surface area contributed by atoms with Crippen LogP contribution < -0.4 is 0 Å². The minimum Gasteiger partial charge on any atom is -0.469 e. The molecule has 3 nitrogen and oxygen atoms in total. The molecule has 3 aromatic carbocycles. The van der Waals surface area contributed by atoms with Gasteiger partial charge in [0.1, 0.15) is 5.60 Å². The van der Waals surface area contributed by atoms with Crippen molar-refractivity contribution in [1.82, 2.24) is 0 Å². The molecule has 0 aromatic heterocycles. The van der Waals surface area contributed by atoms with E-state index in [4.69, 9.17) is 9.16 Å². The smallest absolute Gasteiger partial charge is 0.305 e. The molecule has 3 rings (SSSR count). The van der Waals surface area contributed by atoms with Crippen molar-refractivity contribution in [1.29, 1.82) is 0 Å². The van der Waals surface area contributed by atoms with Crippen LogP contribution in [0.2, 0.25) is 5.04 Å². The van der Waals surface area contributed by atoms with Gasteiger partial charge in [0.05, 0.1) is 7.11 Å². The Bertz CT molecular complexity index is 986. The largest absolute Gasteiger partial charge is 0.469 e. The summed E-state index contributed by atoms with van der Waals surface area (Å²) in [6, 6.07) is 29.9. The SMILES string of the molecule is COC(=O)CCCCCc1cccc(C(O[Si]C(C)(C)C)(c2ccccc2)c2ccccc2)c1. The predicted molar refractivity (Wildman–Crippen MR) is 140 cm³/mol. The number of carbonyl (C=O) groups is 1. The number of unbranched alkanes of at least 4 members (excludes halogenated alkanes) is 2. The lowest BCUT2D eigenvalue weighted by molar-refractivity contribution is -0.140. The zero-order valence-corrected chi connectivity index (χ0v) is 21.8. The quantitative estimate of drug-likeness (QED) is 0.129. The summed E-state index contributed by atoms with van der Waals surface area (Å²) in [6.07, 6.45) is 4.36. The number of hydrogen-bond acceptors (Lipinski definition) is 3. The van der Waals surface area contributed by atoms with Crippen molar-refractivity contribution < 1.29 is 14.0 Å². The van der Waals surface area contributed by atoms with Crippen LogP contribution in [0.4, 0.5) is 0 Å². The van der Waals surface area contributed by atoms with E-state index >= 15 is 0 Å². The summed E-state index contributed by atoms with van der Waals surface area (Å²) in [4.78, 5) is 11.4. The van der Waals surface area contributed by atoms with E-state index in [0.29, 0.717) is 16.2 Å². The standard InChI is InChI=1S/C30H36O3Si/c1-29(2,3)34-33-30(25-17-9-6-10-18-25,26-19-11-7-12-20-26)27-21-14-16-24(23-27)15-8-5-13-22-28(31)32-4/h6-7,9-12,14,16-21,23H,5,8,13,15,22H2,1-4H3. The van der Waals surface area contributed by atoms with E-state index in [2.05, 4.69) is 106 Å². The highest BCUT2D eigenvalue weighted by Crippen LogP contribution is 2.42. The number of ether oxygens (including phenoxy) is 1. The van der Waals surface area contributed by atoms with Gasteiger partial charge in [0.2, 0.25) is 9.76 Å². The van der Waals surface area contributed by atoms with Gasteiger partial charge in [-0.3, -0.25) is 4.79 Å². The van der Waals surface area contributed by atoms with Crippen LogP contribution in [0.1, 0.15) is 68.7 Å². The van der Waals surface area contributed by atoms with Crippen LogP contribution in [0.3, 0.4) is 0 Å². The van der Waals surface area contributed by atoms with Crippen molar-refractivity contribution in [3.05, 3.63) is 107 Å². The second-order valence-corrected chi connectivity index (χ2v) is 11.6. The van der Waals surface area contributed by atoms with E-state index in [-0.39, 0.29) is 11.0 Å². The molecule has 2 radical (unpaired) electrons. The molecule has 34 heavy (non-hydrogen) atoms. The van der Waals surface area contributed by atoms with Crippen LogP contribution in [-0.2, 0) is 26.0 Å². The zero-order valence-electron chi connectivity index (χ0n) is 20.8. The lowest BCUT2D eigenvalue weighted by Crippen LogP contribution is -2.36. The maximum atomic E-state index is 11.4. The van der Waals surface area contributed by atoms with Crippen LogP contribution in [0, 0.1) is 0 Å². The maximum Gasteiger partial charge on any atom is 0.305 e. The number of carbonyl (C=O) groups excluding carboxylic acids is 1. The molecule has 0 aliphatic carbocycles. The highest BCUT2D eigenvalue weighted by atomic mass is 28.2. The van der Waals surface area contributed by atoms with Gasteiger partial charge >= 0.3 is 5.97 Å². The highest BCUT2D eigenvalue weighted by molar-refractivity contribution is 6.32. The molecule has 178 valence electrons. The molecule has 0 saturated carbocycles. The minimum atomic E-state index is -0.685. The Morgan fingerprint density at radius 1 is 0.765 bits per heavy atom. The summed E-state index contributed by atoms with van der Waals surface area (Å²) in [7, 11) is 1.77. The maximum absolute atomic E-state index is 11.4. The van der Waals surface area contributed by atoms with E-state index in [1.54, 1.807) is 0 Å². The number of aryl methyl sites for hydroxylation is 1. The van der Waals surface area contributed by atoms with Crippen molar-refractivity contribution in [3.63, 3.8) is 0 Å². The van der Waals surface area contributed by atoms with E-state index < -0.39 is 5.60 Å².